The predicted octanol–water partition coefficient (Wildman–Crippen LogP) is 3.24. The molecule has 3 aromatic rings. The van der Waals surface area contributed by atoms with Crippen molar-refractivity contribution >= 4 is 22.4 Å². The second kappa shape index (κ2) is 7.28. The molecule has 0 saturated heterocycles. The molecule has 0 aliphatic heterocycles. The third-order valence-electron chi connectivity index (χ3n) is 4.26. The van der Waals surface area contributed by atoms with E-state index in [2.05, 4.69) is 54.0 Å². The van der Waals surface area contributed by atoms with Crippen molar-refractivity contribution < 1.29 is 10.1 Å². The van der Waals surface area contributed by atoms with Crippen LogP contribution in [0.25, 0.3) is 10.8 Å². The number of carbonyl (C=O) groups is 1. The van der Waals surface area contributed by atoms with E-state index in [-0.39, 0.29) is 11.9 Å². The zero-order valence-electron chi connectivity index (χ0n) is 14.1. The average molecular weight is 319 g/mol. The average Bonchev–Trinajstić information content (AvgIpc) is 2.61. The molecule has 3 heteroatoms. The van der Waals surface area contributed by atoms with Crippen molar-refractivity contribution in [3.05, 3.63) is 77.9 Å². The van der Waals surface area contributed by atoms with E-state index >= 15 is 0 Å². The molecule has 0 bridgehead atoms. The second-order valence-corrected chi connectivity index (χ2v) is 6.27. The first kappa shape index (κ1) is 16.2. The van der Waals surface area contributed by atoms with Gasteiger partial charge in [-0.05, 0) is 36.8 Å². The topological polar surface area (TPSA) is 45.7 Å². The van der Waals surface area contributed by atoms with Crippen LogP contribution in [0.3, 0.4) is 0 Å². The molecule has 0 spiro atoms. The lowest BCUT2D eigenvalue weighted by Gasteiger charge is -2.12. The number of rotatable bonds is 5. The fraction of sp³-hybridized carbons (Fsp3) is 0.190. The lowest BCUT2D eigenvalue weighted by atomic mass is 10.1. The van der Waals surface area contributed by atoms with E-state index in [0.717, 1.165) is 17.6 Å². The SMILES string of the molecule is Cc1ccc(C[NH2+][C@H](C)C(=O)Nc2ccc3ccccc3c2)cc1. The highest BCUT2D eigenvalue weighted by atomic mass is 16.2. The fourth-order valence-electron chi connectivity index (χ4n) is 2.67. The zero-order valence-corrected chi connectivity index (χ0v) is 14.1. The molecule has 3 aromatic carbocycles. The minimum atomic E-state index is -0.141. The smallest absolute Gasteiger partial charge is 0.282 e. The van der Waals surface area contributed by atoms with Crippen LogP contribution in [-0.2, 0) is 11.3 Å². The molecule has 1 atom stereocenters. The van der Waals surface area contributed by atoms with E-state index in [1.165, 1.54) is 16.5 Å². The van der Waals surface area contributed by atoms with Crippen LogP contribution in [0.15, 0.2) is 66.7 Å². The Balaban J connectivity index is 1.59. The molecule has 24 heavy (non-hydrogen) atoms. The van der Waals surface area contributed by atoms with Gasteiger partial charge in [-0.2, -0.15) is 0 Å². The summed E-state index contributed by atoms with van der Waals surface area (Å²) in [5.74, 6) is 0.0254. The number of hydrogen-bond donors (Lipinski definition) is 2. The van der Waals surface area contributed by atoms with Gasteiger partial charge in [0, 0.05) is 11.3 Å². The van der Waals surface area contributed by atoms with Crippen molar-refractivity contribution in [3.8, 4) is 0 Å². The summed E-state index contributed by atoms with van der Waals surface area (Å²) >= 11 is 0. The number of fused-ring (bicyclic) bond motifs is 1. The monoisotopic (exact) mass is 319 g/mol. The molecular weight excluding hydrogens is 296 g/mol. The summed E-state index contributed by atoms with van der Waals surface area (Å²) in [6, 6.07) is 22.4. The van der Waals surface area contributed by atoms with Gasteiger partial charge in [-0.3, -0.25) is 4.79 Å². The standard InChI is InChI=1S/C21H22N2O/c1-15-7-9-17(10-8-15)14-22-16(2)21(24)23-20-12-11-18-5-3-4-6-19(18)13-20/h3-13,16,22H,14H2,1-2H3,(H,23,24)/p+1/t16-/m1/s1. The van der Waals surface area contributed by atoms with Crippen LogP contribution in [0.5, 0.6) is 0 Å². The van der Waals surface area contributed by atoms with Crippen molar-refractivity contribution in [2.24, 2.45) is 0 Å². The summed E-state index contributed by atoms with van der Waals surface area (Å²) in [4.78, 5) is 12.4. The molecular formula is C21H23N2O+. The Labute approximate surface area is 142 Å². The Morgan fingerprint density at radius 1 is 1.00 bits per heavy atom. The molecule has 0 saturated carbocycles. The van der Waals surface area contributed by atoms with Gasteiger partial charge in [-0.1, -0.05) is 60.2 Å². The summed E-state index contributed by atoms with van der Waals surface area (Å²) in [7, 11) is 0. The van der Waals surface area contributed by atoms with Crippen LogP contribution in [0.1, 0.15) is 18.1 Å². The Hall–Kier alpha value is -2.65. The summed E-state index contributed by atoms with van der Waals surface area (Å²) in [5, 5.41) is 7.37. The van der Waals surface area contributed by atoms with E-state index in [9.17, 15) is 4.79 Å². The van der Waals surface area contributed by atoms with Gasteiger partial charge in [0.15, 0.2) is 6.04 Å². The molecule has 1 amide bonds. The maximum absolute atomic E-state index is 12.4. The van der Waals surface area contributed by atoms with Crippen LogP contribution in [0, 0.1) is 6.92 Å². The van der Waals surface area contributed by atoms with Crippen LogP contribution >= 0.6 is 0 Å². The first-order valence-electron chi connectivity index (χ1n) is 8.30. The number of amides is 1. The molecule has 3 nitrogen and oxygen atoms in total. The Morgan fingerprint density at radius 3 is 2.46 bits per heavy atom. The van der Waals surface area contributed by atoms with Crippen LogP contribution in [0.2, 0.25) is 0 Å². The number of nitrogens with one attached hydrogen (secondary N) is 1. The van der Waals surface area contributed by atoms with Crippen molar-refractivity contribution in [1.82, 2.24) is 0 Å². The molecule has 0 radical (unpaired) electrons. The van der Waals surface area contributed by atoms with Gasteiger partial charge in [0.1, 0.15) is 6.54 Å². The van der Waals surface area contributed by atoms with Gasteiger partial charge < -0.3 is 10.6 Å². The zero-order chi connectivity index (χ0) is 16.9. The number of benzene rings is 3. The maximum Gasteiger partial charge on any atom is 0.282 e. The van der Waals surface area contributed by atoms with Crippen LogP contribution < -0.4 is 10.6 Å². The number of anilines is 1. The van der Waals surface area contributed by atoms with E-state index in [1.807, 2.05) is 37.3 Å². The second-order valence-electron chi connectivity index (χ2n) is 6.27. The van der Waals surface area contributed by atoms with Crippen molar-refractivity contribution in [3.63, 3.8) is 0 Å². The number of carbonyl (C=O) groups excluding carboxylic acids is 1. The van der Waals surface area contributed by atoms with Gasteiger partial charge in [0.05, 0.1) is 0 Å². The molecule has 0 aliphatic rings. The first-order valence-corrected chi connectivity index (χ1v) is 8.30. The highest BCUT2D eigenvalue weighted by Crippen LogP contribution is 2.18. The molecule has 0 heterocycles. The first-order chi connectivity index (χ1) is 11.6. The van der Waals surface area contributed by atoms with Gasteiger partial charge in [0.25, 0.3) is 5.91 Å². The lowest BCUT2D eigenvalue weighted by molar-refractivity contribution is -0.688. The lowest BCUT2D eigenvalue weighted by Crippen LogP contribution is -2.90. The molecule has 3 rings (SSSR count). The molecule has 3 N–H and O–H groups in total. The quantitative estimate of drug-likeness (QED) is 0.745. The summed E-state index contributed by atoms with van der Waals surface area (Å²) in [6.07, 6.45) is 0. The van der Waals surface area contributed by atoms with E-state index in [4.69, 9.17) is 0 Å². The van der Waals surface area contributed by atoms with E-state index in [1.54, 1.807) is 0 Å². The van der Waals surface area contributed by atoms with Gasteiger partial charge in [0.2, 0.25) is 0 Å². The minimum Gasteiger partial charge on any atom is -0.333 e. The highest BCUT2D eigenvalue weighted by molar-refractivity contribution is 5.96. The summed E-state index contributed by atoms with van der Waals surface area (Å²) in [6.45, 7) is 4.81. The van der Waals surface area contributed by atoms with Crippen LogP contribution in [-0.4, -0.2) is 11.9 Å². The predicted molar refractivity (Wildman–Crippen MR) is 98.8 cm³/mol. The number of hydrogen-bond acceptors (Lipinski definition) is 1. The van der Waals surface area contributed by atoms with Crippen molar-refractivity contribution in [2.75, 3.05) is 5.32 Å². The highest BCUT2D eigenvalue weighted by Gasteiger charge is 2.16. The molecule has 0 unspecified atom stereocenters. The van der Waals surface area contributed by atoms with Crippen LogP contribution in [0.4, 0.5) is 5.69 Å². The third-order valence-corrected chi connectivity index (χ3v) is 4.26. The Bertz CT molecular complexity index is 840. The number of nitrogens with two attached hydrogens (primary N) is 1. The van der Waals surface area contributed by atoms with Gasteiger partial charge in [-0.25, -0.2) is 0 Å². The van der Waals surface area contributed by atoms with Crippen molar-refractivity contribution in [2.45, 2.75) is 26.4 Å². The minimum absolute atomic E-state index is 0.0254. The van der Waals surface area contributed by atoms with Gasteiger partial charge in [-0.15, -0.1) is 0 Å². The number of aryl methyl sites for hydroxylation is 1. The number of quaternary nitrogens is 1. The van der Waals surface area contributed by atoms with E-state index < -0.39 is 0 Å². The summed E-state index contributed by atoms with van der Waals surface area (Å²) < 4.78 is 0. The van der Waals surface area contributed by atoms with Crippen molar-refractivity contribution in [1.29, 1.82) is 0 Å². The maximum atomic E-state index is 12.4. The summed E-state index contributed by atoms with van der Waals surface area (Å²) in [5.41, 5.74) is 3.32. The van der Waals surface area contributed by atoms with E-state index in [0.29, 0.717) is 0 Å². The molecule has 0 aliphatic carbocycles. The molecule has 0 fully saturated rings. The Morgan fingerprint density at radius 2 is 1.71 bits per heavy atom. The largest absolute Gasteiger partial charge is 0.333 e. The van der Waals surface area contributed by atoms with Gasteiger partial charge >= 0.3 is 0 Å². The third kappa shape index (κ3) is 4.00. The normalized spacial score (nSPS) is 12.1. The molecule has 122 valence electrons. The fourth-order valence-corrected chi connectivity index (χ4v) is 2.67. The Kier molecular flexibility index (Phi) is 4.92. The molecule has 0 aromatic heterocycles.